The fourth-order valence-corrected chi connectivity index (χ4v) is 3.25. The lowest BCUT2D eigenvalue weighted by molar-refractivity contribution is 0.120. The number of aromatic nitrogens is 1. The lowest BCUT2D eigenvalue weighted by atomic mass is 9.93. The molecule has 1 aromatic rings. The summed E-state index contributed by atoms with van der Waals surface area (Å²) in [5, 5.41) is 20.4. The van der Waals surface area contributed by atoms with Gasteiger partial charge in [0.05, 0.1) is 11.8 Å². The maximum Gasteiger partial charge on any atom is 0.191 e. The molecule has 6 heteroatoms. The van der Waals surface area contributed by atoms with Gasteiger partial charge in [-0.2, -0.15) is 0 Å². The van der Waals surface area contributed by atoms with E-state index in [0.717, 1.165) is 55.2 Å². The molecule has 0 radical (unpaired) electrons. The maximum absolute atomic E-state index is 9.61. The van der Waals surface area contributed by atoms with E-state index in [9.17, 15) is 5.11 Å². The van der Waals surface area contributed by atoms with Gasteiger partial charge >= 0.3 is 0 Å². The Morgan fingerprint density at radius 3 is 2.61 bits per heavy atom. The standard InChI is InChI=1S/C17H30N4O2/c1-5-18-17(20-14-6-8-15(22)9-7-14)19-10-11(2)16-12(3)21-23-13(16)4/h11,14-15,22H,5-10H2,1-4H3,(H2,18,19,20). The zero-order valence-corrected chi connectivity index (χ0v) is 14.7. The lowest BCUT2D eigenvalue weighted by Gasteiger charge is -2.27. The van der Waals surface area contributed by atoms with Gasteiger partial charge in [-0.3, -0.25) is 4.99 Å². The van der Waals surface area contributed by atoms with Crippen molar-refractivity contribution in [1.82, 2.24) is 15.8 Å². The molecule has 3 N–H and O–H groups in total. The summed E-state index contributed by atoms with van der Waals surface area (Å²) in [6.07, 6.45) is 3.59. The molecule has 1 unspecified atom stereocenters. The molecular formula is C17H30N4O2. The quantitative estimate of drug-likeness (QED) is 0.572. The van der Waals surface area contributed by atoms with E-state index < -0.39 is 0 Å². The number of aliphatic imine (C=N–C) groups is 1. The van der Waals surface area contributed by atoms with Gasteiger partial charge in [-0.05, 0) is 46.5 Å². The van der Waals surface area contributed by atoms with Crippen molar-refractivity contribution in [2.24, 2.45) is 4.99 Å². The largest absolute Gasteiger partial charge is 0.393 e. The first-order valence-electron chi connectivity index (χ1n) is 8.66. The molecule has 0 bridgehead atoms. The van der Waals surface area contributed by atoms with Crippen LogP contribution in [0.15, 0.2) is 9.52 Å². The van der Waals surface area contributed by atoms with Crippen molar-refractivity contribution in [2.45, 2.75) is 71.4 Å². The summed E-state index contributed by atoms with van der Waals surface area (Å²) in [6.45, 7) is 9.67. The molecule has 23 heavy (non-hydrogen) atoms. The highest BCUT2D eigenvalue weighted by Gasteiger charge is 2.20. The van der Waals surface area contributed by atoms with Gasteiger partial charge in [-0.25, -0.2) is 0 Å². The summed E-state index contributed by atoms with van der Waals surface area (Å²) in [5.41, 5.74) is 2.11. The molecule has 130 valence electrons. The lowest BCUT2D eigenvalue weighted by Crippen LogP contribution is -2.45. The first-order valence-corrected chi connectivity index (χ1v) is 8.66. The van der Waals surface area contributed by atoms with Crippen LogP contribution in [0.1, 0.15) is 62.5 Å². The highest BCUT2D eigenvalue weighted by molar-refractivity contribution is 5.80. The van der Waals surface area contributed by atoms with Gasteiger partial charge < -0.3 is 20.3 Å². The van der Waals surface area contributed by atoms with E-state index >= 15 is 0 Å². The molecule has 0 aromatic carbocycles. The van der Waals surface area contributed by atoms with Gasteiger partial charge in [0.25, 0.3) is 0 Å². The molecule has 0 spiro atoms. The monoisotopic (exact) mass is 322 g/mol. The van der Waals surface area contributed by atoms with Crippen LogP contribution in [0.4, 0.5) is 0 Å². The van der Waals surface area contributed by atoms with E-state index in [1.807, 2.05) is 13.8 Å². The van der Waals surface area contributed by atoms with Crippen molar-refractivity contribution in [3.8, 4) is 0 Å². The molecule has 1 aliphatic rings. The van der Waals surface area contributed by atoms with Gasteiger partial charge in [0.2, 0.25) is 0 Å². The SMILES string of the molecule is CCNC(=NCC(C)c1c(C)noc1C)NC1CCC(O)CC1. The van der Waals surface area contributed by atoms with Crippen molar-refractivity contribution < 1.29 is 9.63 Å². The molecule has 1 fully saturated rings. The molecule has 0 saturated heterocycles. The van der Waals surface area contributed by atoms with Crippen molar-refractivity contribution in [1.29, 1.82) is 0 Å². The molecule has 1 aromatic heterocycles. The van der Waals surface area contributed by atoms with E-state index in [1.165, 1.54) is 0 Å². The minimum absolute atomic E-state index is 0.132. The first-order chi connectivity index (χ1) is 11.0. The second-order valence-corrected chi connectivity index (χ2v) is 6.51. The predicted molar refractivity (Wildman–Crippen MR) is 91.8 cm³/mol. The normalized spacial score (nSPS) is 23.6. The Kier molecular flexibility index (Phi) is 6.45. The van der Waals surface area contributed by atoms with Gasteiger partial charge in [-0.15, -0.1) is 0 Å². The number of nitrogens with one attached hydrogen (secondary N) is 2. The van der Waals surface area contributed by atoms with Crippen LogP contribution in [0.25, 0.3) is 0 Å². The number of guanidine groups is 1. The van der Waals surface area contributed by atoms with Crippen molar-refractivity contribution in [3.63, 3.8) is 0 Å². The second kappa shape index (κ2) is 8.34. The van der Waals surface area contributed by atoms with Crippen LogP contribution >= 0.6 is 0 Å². The Morgan fingerprint density at radius 2 is 2.04 bits per heavy atom. The average Bonchev–Trinajstić information content (AvgIpc) is 2.86. The number of hydrogen-bond donors (Lipinski definition) is 3. The molecule has 1 atom stereocenters. The van der Waals surface area contributed by atoms with E-state index in [4.69, 9.17) is 9.52 Å². The van der Waals surface area contributed by atoms with Crippen LogP contribution in [0, 0.1) is 13.8 Å². The van der Waals surface area contributed by atoms with Crippen LogP contribution in [-0.4, -0.2) is 41.5 Å². The Hall–Kier alpha value is -1.56. The third-order valence-corrected chi connectivity index (χ3v) is 4.49. The molecule has 1 saturated carbocycles. The minimum atomic E-state index is -0.132. The Bertz CT molecular complexity index is 499. The highest BCUT2D eigenvalue weighted by atomic mass is 16.5. The molecule has 1 heterocycles. The fourth-order valence-electron chi connectivity index (χ4n) is 3.25. The maximum atomic E-state index is 9.61. The molecule has 2 rings (SSSR count). The van der Waals surface area contributed by atoms with Crippen molar-refractivity contribution in [3.05, 3.63) is 17.0 Å². The van der Waals surface area contributed by atoms with Gasteiger partial charge in [0.15, 0.2) is 5.96 Å². The smallest absolute Gasteiger partial charge is 0.191 e. The second-order valence-electron chi connectivity index (χ2n) is 6.51. The number of nitrogens with zero attached hydrogens (tertiary/aromatic N) is 2. The summed E-state index contributed by atoms with van der Waals surface area (Å²) in [5.74, 6) is 2.00. The number of aryl methyl sites for hydroxylation is 2. The molecular weight excluding hydrogens is 292 g/mol. The summed E-state index contributed by atoms with van der Waals surface area (Å²) >= 11 is 0. The molecule has 0 aliphatic heterocycles. The van der Waals surface area contributed by atoms with E-state index in [0.29, 0.717) is 12.6 Å². The minimum Gasteiger partial charge on any atom is -0.393 e. The summed E-state index contributed by atoms with van der Waals surface area (Å²) in [7, 11) is 0. The van der Waals surface area contributed by atoms with Gasteiger partial charge in [-0.1, -0.05) is 12.1 Å². The Morgan fingerprint density at radius 1 is 1.35 bits per heavy atom. The number of hydrogen-bond acceptors (Lipinski definition) is 4. The van der Waals surface area contributed by atoms with Crippen molar-refractivity contribution in [2.75, 3.05) is 13.1 Å². The fraction of sp³-hybridized carbons (Fsp3) is 0.765. The van der Waals surface area contributed by atoms with Gasteiger partial charge in [0, 0.05) is 30.6 Å². The Balaban J connectivity index is 1.95. The van der Waals surface area contributed by atoms with E-state index in [1.54, 1.807) is 0 Å². The van der Waals surface area contributed by atoms with Crippen LogP contribution in [0.2, 0.25) is 0 Å². The summed E-state index contributed by atoms with van der Waals surface area (Å²) in [4.78, 5) is 4.73. The van der Waals surface area contributed by atoms with Crippen LogP contribution < -0.4 is 10.6 Å². The van der Waals surface area contributed by atoms with E-state index in [-0.39, 0.29) is 12.0 Å². The van der Waals surface area contributed by atoms with Crippen LogP contribution in [-0.2, 0) is 0 Å². The first kappa shape index (κ1) is 17.8. The van der Waals surface area contributed by atoms with Crippen molar-refractivity contribution >= 4 is 5.96 Å². The Labute approximate surface area is 138 Å². The topological polar surface area (TPSA) is 82.7 Å². The highest BCUT2D eigenvalue weighted by Crippen LogP contribution is 2.23. The average molecular weight is 322 g/mol. The number of aliphatic hydroxyl groups is 1. The number of aliphatic hydroxyl groups excluding tert-OH is 1. The zero-order valence-electron chi connectivity index (χ0n) is 14.7. The zero-order chi connectivity index (χ0) is 16.8. The predicted octanol–water partition coefficient (Wildman–Crippen LogP) is 2.25. The molecule has 6 nitrogen and oxygen atoms in total. The van der Waals surface area contributed by atoms with E-state index in [2.05, 4.69) is 29.6 Å². The van der Waals surface area contributed by atoms with Crippen LogP contribution in [0.3, 0.4) is 0 Å². The summed E-state index contributed by atoms with van der Waals surface area (Å²) < 4.78 is 5.25. The third kappa shape index (κ3) is 4.96. The number of rotatable bonds is 5. The van der Waals surface area contributed by atoms with Gasteiger partial charge in [0.1, 0.15) is 5.76 Å². The third-order valence-electron chi connectivity index (χ3n) is 4.49. The summed E-state index contributed by atoms with van der Waals surface area (Å²) in [6, 6.07) is 0.394. The molecule has 1 aliphatic carbocycles. The molecule has 0 amide bonds. The van der Waals surface area contributed by atoms with Crippen LogP contribution in [0.5, 0.6) is 0 Å².